The molecule has 0 heterocycles. The van der Waals surface area contributed by atoms with Crippen molar-refractivity contribution in [2.75, 3.05) is 0 Å². The van der Waals surface area contributed by atoms with Crippen molar-refractivity contribution in [1.82, 2.24) is 5.43 Å². The Morgan fingerprint density at radius 1 is 1.50 bits per heavy atom. The first-order valence-corrected chi connectivity index (χ1v) is 3.68. The Kier molecular flexibility index (Phi) is 3.11. The van der Waals surface area contributed by atoms with E-state index in [1.807, 2.05) is 0 Å². The minimum atomic E-state index is -0.597. The number of benzene rings is 1. The lowest BCUT2D eigenvalue weighted by Crippen LogP contribution is -2.25. The SMILES string of the molecule is N=C(N)N/N=C/c1cc(F)ccc1F. The fourth-order valence-electron chi connectivity index (χ4n) is 0.785. The van der Waals surface area contributed by atoms with E-state index in [2.05, 4.69) is 10.5 Å². The molecular formula is C8H8F2N4. The van der Waals surface area contributed by atoms with Crippen molar-refractivity contribution in [2.45, 2.75) is 0 Å². The third-order valence-electron chi connectivity index (χ3n) is 1.35. The van der Waals surface area contributed by atoms with Crippen molar-refractivity contribution in [2.24, 2.45) is 10.8 Å². The van der Waals surface area contributed by atoms with E-state index >= 15 is 0 Å². The molecule has 0 aliphatic heterocycles. The van der Waals surface area contributed by atoms with Crippen LogP contribution in [-0.2, 0) is 0 Å². The van der Waals surface area contributed by atoms with Crippen molar-refractivity contribution in [1.29, 1.82) is 5.41 Å². The summed E-state index contributed by atoms with van der Waals surface area (Å²) in [6, 6.07) is 2.98. The molecule has 6 heteroatoms. The summed E-state index contributed by atoms with van der Waals surface area (Å²) in [6.07, 6.45) is 1.04. The molecule has 0 aliphatic carbocycles. The number of hydrazone groups is 1. The lowest BCUT2D eigenvalue weighted by atomic mass is 10.2. The number of nitrogens with two attached hydrogens (primary N) is 1. The maximum atomic E-state index is 12.9. The van der Waals surface area contributed by atoms with Crippen molar-refractivity contribution in [3.8, 4) is 0 Å². The van der Waals surface area contributed by atoms with Crippen LogP contribution in [0, 0.1) is 17.0 Å². The quantitative estimate of drug-likeness (QED) is 0.373. The summed E-state index contributed by atoms with van der Waals surface area (Å²) in [6.45, 7) is 0. The molecule has 1 rings (SSSR count). The summed E-state index contributed by atoms with van der Waals surface area (Å²) >= 11 is 0. The van der Waals surface area contributed by atoms with Crippen molar-refractivity contribution in [3.05, 3.63) is 35.4 Å². The predicted molar refractivity (Wildman–Crippen MR) is 49.0 cm³/mol. The van der Waals surface area contributed by atoms with Gasteiger partial charge in [0.25, 0.3) is 0 Å². The molecule has 74 valence electrons. The molecule has 0 bridgehead atoms. The smallest absolute Gasteiger partial charge is 0.206 e. The van der Waals surface area contributed by atoms with Crippen molar-refractivity contribution in [3.63, 3.8) is 0 Å². The fraction of sp³-hybridized carbons (Fsp3) is 0. The van der Waals surface area contributed by atoms with E-state index in [-0.39, 0.29) is 11.5 Å². The van der Waals surface area contributed by atoms with E-state index in [1.54, 1.807) is 0 Å². The van der Waals surface area contributed by atoms with Crippen molar-refractivity contribution >= 4 is 12.2 Å². The Morgan fingerprint density at radius 2 is 2.21 bits per heavy atom. The summed E-state index contributed by atoms with van der Waals surface area (Å²) in [5.74, 6) is -1.53. The first-order chi connectivity index (χ1) is 6.59. The zero-order valence-electron chi connectivity index (χ0n) is 7.09. The fourth-order valence-corrected chi connectivity index (χ4v) is 0.785. The third kappa shape index (κ3) is 2.81. The zero-order valence-corrected chi connectivity index (χ0v) is 7.09. The van der Waals surface area contributed by atoms with Gasteiger partial charge in [0, 0.05) is 5.56 Å². The van der Waals surface area contributed by atoms with E-state index in [9.17, 15) is 8.78 Å². The summed E-state index contributed by atoms with van der Waals surface area (Å²) < 4.78 is 25.5. The molecule has 0 amide bonds. The van der Waals surface area contributed by atoms with Crippen LogP contribution in [-0.4, -0.2) is 12.2 Å². The molecule has 0 unspecified atom stereocenters. The minimum absolute atomic E-state index is 0.0150. The highest BCUT2D eigenvalue weighted by molar-refractivity contribution is 5.82. The van der Waals surface area contributed by atoms with Gasteiger partial charge in [0.2, 0.25) is 5.96 Å². The number of hydrogen-bond donors (Lipinski definition) is 3. The number of nitrogens with zero attached hydrogens (tertiary/aromatic N) is 1. The molecule has 0 aliphatic rings. The van der Waals surface area contributed by atoms with Gasteiger partial charge in [-0.05, 0) is 18.2 Å². The van der Waals surface area contributed by atoms with E-state index in [1.165, 1.54) is 0 Å². The molecular weight excluding hydrogens is 190 g/mol. The van der Waals surface area contributed by atoms with Crippen LogP contribution in [0.2, 0.25) is 0 Å². The number of halogens is 2. The highest BCUT2D eigenvalue weighted by Gasteiger charge is 2.00. The normalized spacial score (nSPS) is 10.4. The summed E-state index contributed by atoms with van der Waals surface area (Å²) in [4.78, 5) is 0. The largest absolute Gasteiger partial charge is 0.369 e. The van der Waals surface area contributed by atoms with Gasteiger partial charge in [-0.1, -0.05) is 0 Å². The second kappa shape index (κ2) is 4.31. The van der Waals surface area contributed by atoms with Gasteiger partial charge in [-0.3, -0.25) is 5.41 Å². The molecule has 1 aromatic rings. The molecule has 0 spiro atoms. The Bertz CT molecular complexity index is 376. The summed E-state index contributed by atoms with van der Waals surface area (Å²) in [5.41, 5.74) is 6.98. The van der Waals surface area contributed by atoms with Crippen LogP contribution >= 0.6 is 0 Å². The molecule has 4 nitrogen and oxygen atoms in total. The van der Waals surface area contributed by atoms with Gasteiger partial charge < -0.3 is 5.73 Å². The van der Waals surface area contributed by atoms with Crippen molar-refractivity contribution < 1.29 is 8.78 Å². The van der Waals surface area contributed by atoms with Gasteiger partial charge >= 0.3 is 0 Å². The lowest BCUT2D eigenvalue weighted by molar-refractivity contribution is 0.598. The van der Waals surface area contributed by atoms with Gasteiger partial charge in [0.15, 0.2) is 0 Å². The van der Waals surface area contributed by atoms with Crippen LogP contribution in [0.15, 0.2) is 23.3 Å². The molecule has 0 aromatic heterocycles. The maximum absolute atomic E-state index is 12.9. The Balaban J connectivity index is 2.80. The second-order valence-corrected chi connectivity index (χ2v) is 2.45. The molecule has 1 aromatic carbocycles. The Hall–Kier alpha value is -1.98. The van der Waals surface area contributed by atoms with Gasteiger partial charge in [-0.2, -0.15) is 5.10 Å². The topological polar surface area (TPSA) is 74.3 Å². The highest BCUT2D eigenvalue weighted by Crippen LogP contribution is 2.06. The third-order valence-corrected chi connectivity index (χ3v) is 1.35. The molecule has 0 saturated heterocycles. The Morgan fingerprint density at radius 3 is 2.86 bits per heavy atom. The molecule has 0 radical (unpaired) electrons. The van der Waals surface area contributed by atoms with Crippen LogP contribution in [0.4, 0.5) is 8.78 Å². The van der Waals surface area contributed by atoms with Gasteiger partial charge in [0.1, 0.15) is 11.6 Å². The summed E-state index contributed by atoms with van der Waals surface area (Å²) in [7, 11) is 0. The van der Waals surface area contributed by atoms with E-state index in [4.69, 9.17) is 11.1 Å². The molecule has 0 atom stereocenters. The van der Waals surface area contributed by atoms with Gasteiger partial charge in [-0.15, -0.1) is 0 Å². The number of nitrogens with one attached hydrogen (secondary N) is 2. The average molecular weight is 198 g/mol. The average Bonchev–Trinajstić information content (AvgIpc) is 2.10. The maximum Gasteiger partial charge on any atom is 0.206 e. The van der Waals surface area contributed by atoms with E-state index < -0.39 is 11.6 Å². The lowest BCUT2D eigenvalue weighted by Gasteiger charge is -1.97. The number of rotatable bonds is 2. The molecule has 0 saturated carbocycles. The van der Waals surface area contributed by atoms with Crippen LogP contribution in [0.25, 0.3) is 0 Å². The summed E-state index contributed by atoms with van der Waals surface area (Å²) in [5, 5.41) is 10.2. The standard InChI is InChI=1S/C8H8F2N4/c9-6-1-2-7(10)5(3-6)4-13-14-8(11)12/h1-4H,(H4,11,12,14)/b13-4+. The van der Waals surface area contributed by atoms with Gasteiger partial charge in [-0.25, -0.2) is 14.2 Å². The minimum Gasteiger partial charge on any atom is -0.369 e. The Labute approximate surface area is 78.9 Å². The molecule has 4 N–H and O–H groups in total. The monoisotopic (exact) mass is 198 g/mol. The zero-order chi connectivity index (χ0) is 10.6. The van der Waals surface area contributed by atoms with Crippen LogP contribution in [0.3, 0.4) is 0 Å². The second-order valence-electron chi connectivity index (χ2n) is 2.45. The van der Waals surface area contributed by atoms with E-state index in [0.29, 0.717) is 0 Å². The van der Waals surface area contributed by atoms with Crippen LogP contribution < -0.4 is 11.2 Å². The van der Waals surface area contributed by atoms with Crippen LogP contribution in [0.5, 0.6) is 0 Å². The first kappa shape index (κ1) is 10.1. The van der Waals surface area contributed by atoms with Crippen LogP contribution in [0.1, 0.15) is 5.56 Å². The highest BCUT2D eigenvalue weighted by atomic mass is 19.1. The first-order valence-electron chi connectivity index (χ1n) is 3.68. The number of guanidine groups is 1. The molecule has 0 fully saturated rings. The van der Waals surface area contributed by atoms with E-state index in [0.717, 1.165) is 24.4 Å². The predicted octanol–water partition coefficient (Wildman–Crippen LogP) is 0.782. The van der Waals surface area contributed by atoms with Gasteiger partial charge in [0.05, 0.1) is 6.21 Å². The number of hydrogen-bond acceptors (Lipinski definition) is 2. The molecule has 14 heavy (non-hydrogen) atoms.